The molecule has 12 heavy (non-hydrogen) atoms. The van der Waals surface area contributed by atoms with Crippen molar-refractivity contribution in [2.24, 2.45) is 0 Å². The number of halogens is 1. The molecular formula is C11H13I. The van der Waals surface area contributed by atoms with E-state index < -0.39 is 0 Å². The Morgan fingerprint density at radius 3 is 2.42 bits per heavy atom. The molecule has 0 heterocycles. The molecule has 0 aromatic heterocycles. The molecular weight excluding hydrogens is 259 g/mol. The zero-order valence-corrected chi connectivity index (χ0v) is 9.20. The van der Waals surface area contributed by atoms with Gasteiger partial charge in [0.25, 0.3) is 0 Å². The third-order valence-corrected chi connectivity index (χ3v) is 4.15. The van der Waals surface area contributed by atoms with E-state index in [-0.39, 0.29) is 0 Å². The van der Waals surface area contributed by atoms with Crippen molar-refractivity contribution in [3.05, 3.63) is 35.9 Å². The van der Waals surface area contributed by atoms with Gasteiger partial charge in [0.15, 0.2) is 0 Å². The fourth-order valence-corrected chi connectivity index (χ4v) is 3.21. The van der Waals surface area contributed by atoms with E-state index in [2.05, 4.69) is 52.9 Å². The van der Waals surface area contributed by atoms with Gasteiger partial charge in [0.05, 0.1) is 0 Å². The summed E-state index contributed by atoms with van der Waals surface area (Å²) < 4.78 is 0.866. The first kappa shape index (κ1) is 8.54. The van der Waals surface area contributed by atoms with Crippen LogP contribution in [0.2, 0.25) is 0 Å². The van der Waals surface area contributed by atoms with Crippen molar-refractivity contribution in [1.29, 1.82) is 0 Å². The fraction of sp³-hybridized carbons (Fsp3) is 0.455. The lowest BCUT2D eigenvalue weighted by atomic mass is 9.98. The van der Waals surface area contributed by atoms with Gasteiger partial charge in [-0.15, -0.1) is 0 Å². The van der Waals surface area contributed by atoms with Crippen molar-refractivity contribution in [1.82, 2.24) is 0 Å². The average Bonchev–Trinajstić information content (AvgIpc) is 2.53. The lowest BCUT2D eigenvalue weighted by Crippen LogP contribution is -2.03. The van der Waals surface area contributed by atoms with Gasteiger partial charge < -0.3 is 0 Å². The summed E-state index contributed by atoms with van der Waals surface area (Å²) in [6.07, 6.45) is 4.20. The average molecular weight is 272 g/mol. The lowest BCUT2D eigenvalue weighted by molar-refractivity contribution is 0.750. The van der Waals surface area contributed by atoms with Gasteiger partial charge in [0, 0.05) is 3.92 Å². The summed E-state index contributed by atoms with van der Waals surface area (Å²) in [6.45, 7) is 0. The van der Waals surface area contributed by atoms with E-state index in [0.717, 1.165) is 9.84 Å². The molecule has 1 aliphatic rings. The maximum atomic E-state index is 2.60. The first-order valence-corrected chi connectivity index (χ1v) is 5.81. The number of benzene rings is 1. The Kier molecular flexibility index (Phi) is 2.69. The van der Waals surface area contributed by atoms with Gasteiger partial charge >= 0.3 is 0 Å². The number of rotatable bonds is 1. The van der Waals surface area contributed by atoms with Crippen LogP contribution in [0.4, 0.5) is 0 Å². The van der Waals surface area contributed by atoms with E-state index in [1.807, 2.05) is 0 Å². The quantitative estimate of drug-likeness (QED) is 0.539. The van der Waals surface area contributed by atoms with Gasteiger partial charge in [-0.1, -0.05) is 59.3 Å². The minimum absolute atomic E-state index is 0.826. The molecule has 0 aliphatic heterocycles. The molecule has 0 saturated heterocycles. The molecule has 1 fully saturated rings. The highest BCUT2D eigenvalue weighted by atomic mass is 127. The van der Waals surface area contributed by atoms with Crippen LogP contribution in [0.25, 0.3) is 0 Å². The Balaban J connectivity index is 2.19. The molecule has 1 aromatic rings. The van der Waals surface area contributed by atoms with Gasteiger partial charge in [-0.25, -0.2) is 0 Å². The van der Waals surface area contributed by atoms with E-state index in [1.54, 1.807) is 0 Å². The summed E-state index contributed by atoms with van der Waals surface area (Å²) in [5, 5.41) is 0. The van der Waals surface area contributed by atoms with Crippen molar-refractivity contribution in [2.45, 2.75) is 29.1 Å². The molecule has 1 saturated carbocycles. The van der Waals surface area contributed by atoms with Crippen molar-refractivity contribution >= 4 is 22.6 Å². The Hall–Kier alpha value is -0.0500. The zero-order chi connectivity index (χ0) is 8.39. The number of hydrogen-bond donors (Lipinski definition) is 0. The topological polar surface area (TPSA) is 0 Å². The summed E-state index contributed by atoms with van der Waals surface area (Å²) in [4.78, 5) is 0. The van der Waals surface area contributed by atoms with Gasteiger partial charge in [-0.2, -0.15) is 0 Å². The summed E-state index contributed by atoms with van der Waals surface area (Å²) >= 11 is 2.60. The van der Waals surface area contributed by atoms with Crippen LogP contribution in [-0.2, 0) is 0 Å². The molecule has 2 atom stereocenters. The molecule has 0 bridgehead atoms. The minimum Gasteiger partial charge on any atom is -0.0820 e. The van der Waals surface area contributed by atoms with E-state index in [1.165, 1.54) is 24.8 Å². The molecule has 0 radical (unpaired) electrons. The molecule has 0 spiro atoms. The van der Waals surface area contributed by atoms with Crippen LogP contribution in [-0.4, -0.2) is 3.92 Å². The SMILES string of the molecule is IC1CCCC1c1ccccc1. The first-order chi connectivity index (χ1) is 5.88. The normalized spacial score (nSPS) is 29.1. The summed E-state index contributed by atoms with van der Waals surface area (Å²) in [7, 11) is 0. The second-order valence-corrected chi connectivity index (χ2v) is 5.06. The second-order valence-electron chi connectivity index (χ2n) is 3.46. The van der Waals surface area contributed by atoms with Crippen molar-refractivity contribution in [3.8, 4) is 0 Å². The van der Waals surface area contributed by atoms with Crippen molar-refractivity contribution in [2.75, 3.05) is 0 Å². The summed E-state index contributed by atoms with van der Waals surface area (Å²) in [5.74, 6) is 0.826. The zero-order valence-electron chi connectivity index (χ0n) is 7.04. The molecule has 1 aliphatic carbocycles. The molecule has 2 rings (SSSR count). The van der Waals surface area contributed by atoms with Gasteiger partial charge in [-0.3, -0.25) is 0 Å². The molecule has 0 nitrogen and oxygen atoms in total. The van der Waals surface area contributed by atoms with Crippen molar-refractivity contribution < 1.29 is 0 Å². The number of alkyl halides is 1. The van der Waals surface area contributed by atoms with Crippen molar-refractivity contribution in [3.63, 3.8) is 0 Å². The maximum absolute atomic E-state index is 2.60. The van der Waals surface area contributed by atoms with Crippen LogP contribution in [0.3, 0.4) is 0 Å². The highest BCUT2D eigenvalue weighted by molar-refractivity contribution is 14.1. The number of hydrogen-bond acceptors (Lipinski definition) is 0. The molecule has 0 amide bonds. The highest BCUT2D eigenvalue weighted by Gasteiger charge is 2.25. The van der Waals surface area contributed by atoms with Crippen LogP contribution in [0, 0.1) is 0 Å². The van der Waals surface area contributed by atoms with Crippen LogP contribution in [0.5, 0.6) is 0 Å². The predicted octanol–water partition coefficient (Wildman–Crippen LogP) is 3.76. The molecule has 2 unspecified atom stereocenters. The Labute approximate surface area is 87.5 Å². The first-order valence-electron chi connectivity index (χ1n) is 4.57. The largest absolute Gasteiger partial charge is 0.0820 e. The molecule has 64 valence electrons. The second kappa shape index (κ2) is 3.77. The molecule has 1 aromatic carbocycles. The predicted molar refractivity (Wildman–Crippen MR) is 60.8 cm³/mol. The van der Waals surface area contributed by atoms with E-state index in [9.17, 15) is 0 Å². The lowest BCUT2D eigenvalue weighted by Gasteiger charge is -2.13. The van der Waals surface area contributed by atoms with Crippen LogP contribution in [0.1, 0.15) is 30.7 Å². The van der Waals surface area contributed by atoms with Gasteiger partial charge in [0.1, 0.15) is 0 Å². The maximum Gasteiger partial charge on any atom is 0.0178 e. The standard InChI is InChI=1S/C11H13I/c12-11-8-4-7-10(11)9-5-2-1-3-6-9/h1-3,5-6,10-11H,4,7-8H2. The van der Waals surface area contributed by atoms with Gasteiger partial charge in [0.2, 0.25) is 0 Å². The Bertz CT molecular complexity index is 242. The smallest absolute Gasteiger partial charge is 0.0178 e. The van der Waals surface area contributed by atoms with Crippen LogP contribution >= 0.6 is 22.6 Å². The highest BCUT2D eigenvalue weighted by Crippen LogP contribution is 2.39. The van der Waals surface area contributed by atoms with Gasteiger partial charge in [-0.05, 0) is 24.3 Å². The van der Waals surface area contributed by atoms with Crippen LogP contribution in [0.15, 0.2) is 30.3 Å². The third-order valence-electron chi connectivity index (χ3n) is 2.66. The summed E-state index contributed by atoms with van der Waals surface area (Å²) in [6, 6.07) is 10.9. The Morgan fingerprint density at radius 2 is 1.83 bits per heavy atom. The Morgan fingerprint density at radius 1 is 1.08 bits per heavy atom. The van der Waals surface area contributed by atoms with E-state index in [4.69, 9.17) is 0 Å². The fourth-order valence-electron chi connectivity index (χ4n) is 1.99. The molecule has 0 N–H and O–H groups in total. The van der Waals surface area contributed by atoms with E-state index in [0.29, 0.717) is 0 Å². The minimum atomic E-state index is 0.826. The summed E-state index contributed by atoms with van der Waals surface area (Å²) in [5.41, 5.74) is 1.54. The monoisotopic (exact) mass is 272 g/mol. The van der Waals surface area contributed by atoms with Crippen LogP contribution < -0.4 is 0 Å². The third kappa shape index (κ3) is 1.65. The van der Waals surface area contributed by atoms with E-state index >= 15 is 0 Å². The molecule has 1 heteroatoms.